The standard InChI is InChI=1S/C26H23N7O2/c34-21-8-10-33(15-21)26(35)23-11-17-1-2-18(12-22(17)31-23)25-27-9-7-24(32-25)30-20-5-3-16(4-6-20)19-13-28-29-14-19/h1-7,9,11-14,21,31,34H,8,10,15H2,(H,28,29)(H,27,30,32). The number of fused-ring (bicyclic) bond motifs is 1. The molecule has 1 amide bonds. The van der Waals surface area contributed by atoms with Crippen LogP contribution in [-0.2, 0) is 0 Å². The van der Waals surface area contributed by atoms with Crippen molar-refractivity contribution in [1.29, 1.82) is 0 Å². The fourth-order valence-corrected chi connectivity index (χ4v) is 4.35. The van der Waals surface area contributed by atoms with Gasteiger partial charge in [-0.2, -0.15) is 5.10 Å². The SMILES string of the molecule is O=C(c1cc2ccc(-c3nccc(Nc4ccc(-c5cn[nH]c5)cc4)n3)cc2[nH]1)N1CCC(O)C1. The van der Waals surface area contributed by atoms with Gasteiger partial charge in [-0.25, -0.2) is 9.97 Å². The molecule has 6 rings (SSSR count). The second-order valence-electron chi connectivity index (χ2n) is 8.63. The van der Waals surface area contributed by atoms with Gasteiger partial charge in [0.2, 0.25) is 0 Å². The number of likely N-dealkylation sites (tertiary alicyclic amines) is 1. The zero-order valence-electron chi connectivity index (χ0n) is 18.8. The van der Waals surface area contributed by atoms with Crippen molar-refractivity contribution >= 4 is 28.3 Å². The third-order valence-electron chi connectivity index (χ3n) is 6.21. The molecule has 1 atom stereocenters. The molecule has 4 heterocycles. The maximum atomic E-state index is 12.8. The van der Waals surface area contributed by atoms with Crippen LogP contribution in [0.25, 0.3) is 33.4 Å². The van der Waals surface area contributed by atoms with Gasteiger partial charge >= 0.3 is 0 Å². The minimum Gasteiger partial charge on any atom is -0.391 e. The van der Waals surface area contributed by atoms with Gasteiger partial charge in [-0.15, -0.1) is 0 Å². The summed E-state index contributed by atoms with van der Waals surface area (Å²) in [7, 11) is 0. The number of carbonyl (C=O) groups is 1. The van der Waals surface area contributed by atoms with Gasteiger partial charge in [-0.3, -0.25) is 9.89 Å². The van der Waals surface area contributed by atoms with Gasteiger partial charge in [0, 0.05) is 53.2 Å². The lowest BCUT2D eigenvalue weighted by molar-refractivity contribution is 0.0760. The van der Waals surface area contributed by atoms with Crippen LogP contribution in [0.1, 0.15) is 16.9 Å². The van der Waals surface area contributed by atoms with Gasteiger partial charge in [0.15, 0.2) is 5.82 Å². The fraction of sp³-hybridized carbons (Fsp3) is 0.154. The lowest BCUT2D eigenvalue weighted by Gasteiger charge is -2.13. The summed E-state index contributed by atoms with van der Waals surface area (Å²) in [5, 5.41) is 20.8. The molecule has 9 nitrogen and oxygen atoms in total. The smallest absolute Gasteiger partial charge is 0.270 e. The second-order valence-corrected chi connectivity index (χ2v) is 8.63. The molecule has 1 fully saturated rings. The van der Waals surface area contributed by atoms with Crippen molar-refractivity contribution in [3.05, 3.63) is 78.9 Å². The van der Waals surface area contributed by atoms with Crippen LogP contribution >= 0.6 is 0 Å². The number of nitrogens with zero attached hydrogens (tertiary/aromatic N) is 4. The van der Waals surface area contributed by atoms with Crippen molar-refractivity contribution in [3.63, 3.8) is 0 Å². The number of anilines is 2. The van der Waals surface area contributed by atoms with Gasteiger partial charge in [-0.05, 0) is 42.3 Å². The van der Waals surface area contributed by atoms with E-state index in [9.17, 15) is 9.90 Å². The molecule has 3 aromatic heterocycles. The maximum Gasteiger partial charge on any atom is 0.270 e. The van der Waals surface area contributed by atoms with Crippen molar-refractivity contribution in [1.82, 2.24) is 30.0 Å². The summed E-state index contributed by atoms with van der Waals surface area (Å²) in [5.74, 6) is 1.17. The maximum absolute atomic E-state index is 12.8. The topological polar surface area (TPSA) is 123 Å². The van der Waals surface area contributed by atoms with Crippen molar-refractivity contribution in [2.45, 2.75) is 12.5 Å². The summed E-state index contributed by atoms with van der Waals surface area (Å²) >= 11 is 0. The lowest BCUT2D eigenvalue weighted by atomic mass is 10.1. The number of β-amino-alcohol motifs (C(OH)–C–C–N with tert-alkyl or cyclic N) is 1. The molecule has 1 aliphatic rings. The third kappa shape index (κ3) is 4.24. The Hall–Kier alpha value is -4.50. The Bertz CT molecular complexity index is 1490. The van der Waals surface area contributed by atoms with E-state index in [-0.39, 0.29) is 5.91 Å². The first-order valence-corrected chi connectivity index (χ1v) is 11.4. The molecule has 35 heavy (non-hydrogen) atoms. The van der Waals surface area contributed by atoms with E-state index in [2.05, 4.69) is 30.5 Å². The summed E-state index contributed by atoms with van der Waals surface area (Å²) < 4.78 is 0. The number of benzene rings is 2. The molecule has 0 radical (unpaired) electrons. The molecule has 0 saturated carbocycles. The van der Waals surface area contributed by atoms with Crippen LogP contribution in [0.3, 0.4) is 0 Å². The van der Waals surface area contributed by atoms with E-state index in [0.717, 1.165) is 33.3 Å². The highest BCUT2D eigenvalue weighted by atomic mass is 16.3. The van der Waals surface area contributed by atoms with Crippen LogP contribution in [0.4, 0.5) is 11.5 Å². The molecular weight excluding hydrogens is 442 g/mol. The second kappa shape index (κ2) is 8.69. The molecule has 5 aromatic rings. The Morgan fingerprint density at radius 3 is 2.69 bits per heavy atom. The van der Waals surface area contributed by atoms with Crippen molar-refractivity contribution in [3.8, 4) is 22.5 Å². The van der Waals surface area contributed by atoms with Gasteiger partial charge < -0.3 is 20.3 Å². The van der Waals surface area contributed by atoms with E-state index in [1.807, 2.05) is 60.8 Å². The highest BCUT2D eigenvalue weighted by Gasteiger charge is 2.26. The minimum atomic E-state index is -0.442. The van der Waals surface area contributed by atoms with Gasteiger partial charge in [0.1, 0.15) is 11.5 Å². The van der Waals surface area contributed by atoms with Crippen molar-refractivity contribution in [2.75, 3.05) is 18.4 Å². The summed E-state index contributed by atoms with van der Waals surface area (Å²) in [5.41, 5.74) is 5.21. The molecule has 9 heteroatoms. The molecule has 0 spiro atoms. The Morgan fingerprint density at radius 1 is 1.06 bits per heavy atom. The van der Waals surface area contributed by atoms with E-state index < -0.39 is 6.10 Å². The van der Waals surface area contributed by atoms with Crippen molar-refractivity contribution < 1.29 is 9.90 Å². The predicted molar refractivity (Wildman–Crippen MR) is 133 cm³/mol. The normalized spacial score (nSPS) is 15.6. The molecule has 174 valence electrons. The Kier molecular flexibility index (Phi) is 5.23. The average Bonchev–Trinajstić information content (AvgIpc) is 3.65. The van der Waals surface area contributed by atoms with Gasteiger partial charge in [0.25, 0.3) is 5.91 Å². The van der Waals surface area contributed by atoms with Crippen LogP contribution in [-0.4, -0.2) is 60.3 Å². The number of aliphatic hydroxyl groups excluding tert-OH is 1. The highest BCUT2D eigenvalue weighted by molar-refractivity contribution is 5.98. The van der Waals surface area contributed by atoms with E-state index in [0.29, 0.717) is 36.8 Å². The van der Waals surface area contributed by atoms with Crippen LogP contribution in [0.2, 0.25) is 0 Å². The molecular formula is C26H23N7O2. The van der Waals surface area contributed by atoms with Crippen LogP contribution in [0.5, 0.6) is 0 Å². The summed E-state index contributed by atoms with van der Waals surface area (Å²) in [6.45, 7) is 0.944. The van der Waals surface area contributed by atoms with Crippen molar-refractivity contribution in [2.24, 2.45) is 0 Å². The summed E-state index contributed by atoms with van der Waals surface area (Å²) in [4.78, 5) is 26.8. The highest BCUT2D eigenvalue weighted by Crippen LogP contribution is 2.26. The molecule has 0 bridgehead atoms. The number of amides is 1. The minimum absolute atomic E-state index is 0.0967. The average molecular weight is 466 g/mol. The molecule has 4 N–H and O–H groups in total. The number of aliphatic hydroxyl groups is 1. The van der Waals surface area contributed by atoms with E-state index in [4.69, 9.17) is 0 Å². The Balaban J connectivity index is 1.22. The number of hydrogen-bond acceptors (Lipinski definition) is 6. The largest absolute Gasteiger partial charge is 0.391 e. The number of carbonyl (C=O) groups excluding carboxylic acids is 1. The fourth-order valence-electron chi connectivity index (χ4n) is 4.35. The number of nitrogens with one attached hydrogen (secondary N) is 3. The number of aromatic amines is 2. The number of aromatic nitrogens is 5. The summed E-state index contributed by atoms with van der Waals surface area (Å²) in [6.07, 6.45) is 5.54. The Labute approximate surface area is 200 Å². The molecule has 1 aliphatic heterocycles. The first kappa shape index (κ1) is 21.1. The number of H-pyrrole nitrogens is 2. The van der Waals surface area contributed by atoms with Gasteiger partial charge in [-0.1, -0.05) is 24.3 Å². The predicted octanol–water partition coefficient (Wildman–Crippen LogP) is 3.97. The van der Waals surface area contributed by atoms with Crippen LogP contribution < -0.4 is 5.32 Å². The molecule has 1 saturated heterocycles. The molecule has 0 aliphatic carbocycles. The monoisotopic (exact) mass is 465 g/mol. The van der Waals surface area contributed by atoms with E-state index in [1.54, 1.807) is 17.3 Å². The Morgan fingerprint density at radius 2 is 1.91 bits per heavy atom. The lowest BCUT2D eigenvalue weighted by Crippen LogP contribution is -2.29. The van der Waals surface area contributed by atoms with Crippen LogP contribution in [0.15, 0.2) is 73.2 Å². The first-order valence-electron chi connectivity index (χ1n) is 11.4. The summed E-state index contributed by atoms with van der Waals surface area (Å²) in [6, 6.07) is 17.5. The first-order chi connectivity index (χ1) is 17.1. The van der Waals surface area contributed by atoms with E-state index >= 15 is 0 Å². The third-order valence-corrected chi connectivity index (χ3v) is 6.21. The quantitative estimate of drug-likeness (QED) is 0.312. The number of rotatable bonds is 5. The van der Waals surface area contributed by atoms with Gasteiger partial charge in [0.05, 0.1) is 12.3 Å². The van der Waals surface area contributed by atoms with E-state index in [1.165, 1.54) is 0 Å². The molecule has 2 aromatic carbocycles. The number of hydrogen-bond donors (Lipinski definition) is 4. The zero-order valence-corrected chi connectivity index (χ0v) is 18.8. The van der Waals surface area contributed by atoms with Crippen LogP contribution in [0, 0.1) is 0 Å². The molecule has 1 unspecified atom stereocenters. The zero-order chi connectivity index (χ0) is 23.8.